The zero-order chi connectivity index (χ0) is 16.4. The van der Waals surface area contributed by atoms with Crippen LogP contribution in [0.4, 0.5) is 0 Å². The first-order chi connectivity index (χ1) is 11.8. The Kier molecular flexibility index (Phi) is 6.50. The lowest BCUT2D eigenvalue weighted by atomic mass is 10.1. The molecule has 4 aliphatic rings. The van der Waals surface area contributed by atoms with E-state index in [2.05, 4.69) is 37.4 Å². The van der Waals surface area contributed by atoms with E-state index in [0.717, 1.165) is 50.8 Å². The first kappa shape index (κ1) is 18.8. The second kappa shape index (κ2) is 8.63. The molecule has 5 heterocycles. The van der Waals surface area contributed by atoms with E-state index >= 15 is 0 Å². The summed E-state index contributed by atoms with van der Waals surface area (Å²) in [6.45, 7) is 10.7. The molecule has 0 amide bonds. The minimum Gasteiger partial charge on any atom is -0.357 e. The van der Waals surface area contributed by atoms with Gasteiger partial charge in [0.25, 0.3) is 0 Å². The van der Waals surface area contributed by atoms with Crippen molar-refractivity contribution in [1.29, 1.82) is 0 Å². The van der Waals surface area contributed by atoms with Crippen LogP contribution >= 0.6 is 24.0 Å². The van der Waals surface area contributed by atoms with Crippen LogP contribution in [0.5, 0.6) is 0 Å². The number of aliphatic imine (C=N–C) groups is 1. The van der Waals surface area contributed by atoms with Crippen LogP contribution in [-0.4, -0.2) is 88.4 Å². The zero-order valence-corrected chi connectivity index (χ0v) is 17.2. The third kappa shape index (κ3) is 4.43. The predicted molar refractivity (Wildman–Crippen MR) is 108 cm³/mol. The number of halogens is 1. The van der Waals surface area contributed by atoms with Gasteiger partial charge < -0.3 is 10.6 Å². The smallest absolute Gasteiger partial charge is 0.191 e. The summed E-state index contributed by atoms with van der Waals surface area (Å²) in [5.74, 6) is 2.03. The fraction of sp³-hybridized carbons (Fsp3) is 0.812. The second-order valence-electron chi connectivity index (χ2n) is 6.95. The van der Waals surface area contributed by atoms with Crippen molar-refractivity contribution < 1.29 is 0 Å². The maximum Gasteiger partial charge on any atom is 0.191 e. The number of guanidine groups is 1. The molecular formula is C16H29IN8. The molecule has 140 valence electrons. The molecule has 2 atom stereocenters. The number of fused-ring (bicyclic) bond motifs is 4. The number of nitrogens with one attached hydrogen (secondary N) is 2. The summed E-state index contributed by atoms with van der Waals surface area (Å²) >= 11 is 0. The maximum atomic E-state index is 4.87. The molecule has 0 radical (unpaired) electrons. The van der Waals surface area contributed by atoms with Gasteiger partial charge in [0, 0.05) is 57.8 Å². The van der Waals surface area contributed by atoms with E-state index < -0.39 is 0 Å². The minimum atomic E-state index is 0. The molecule has 2 N–H and O–H groups in total. The third-order valence-electron chi connectivity index (χ3n) is 5.34. The molecule has 5 rings (SSSR count). The van der Waals surface area contributed by atoms with Crippen molar-refractivity contribution in [2.24, 2.45) is 4.99 Å². The Bertz CT molecular complexity index is 580. The van der Waals surface area contributed by atoms with Crippen LogP contribution in [-0.2, 0) is 13.0 Å². The fourth-order valence-corrected chi connectivity index (χ4v) is 3.96. The molecule has 3 saturated heterocycles. The van der Waals surface area contributed by atoms with Gasteiger partial charge in [-0.25, -0.2) is 9.67 Å². The summed E-state index contributed by atoms with van der Waals surface area (Å²) in [5, 5.41) is 11.3. The summed E-state index contributed by atoms with van der Waals surface area (Å²) in [6.07, 6.45) is 3.70. The number of piperazine rings is 3. The Morgan fingerprint density at radius 1 is 1.28 bits per heavy atom. The Hall–Kier alpha value is -0.940. The molecule has 4 aliphatic heterocycles. The SMILES string of the molecule is CCNC(=NCC1CN2CCN1CC2)NC1CCc2ncnn2C1.I. The molecule has 0 aromatic carbocycles. The number of hydrogen-bond acceptors (Lipinski definition) is 5. The van der Waals surface area contributed by atoms with Gasteiger partial charge in [0.05, 0.1) is 13.1 Å². The van der Waals surface area contributed by atoms with Crippen LogP contribution in [0.25, 0.3) is 0 Å². The van der Waals surface area contributed by atoms with Crippen molar-refractivity contribution >= 4 is 29.9 Å². The van der Waals surface area contributed by atoms with Crippen molar-refractivity contribution in [2.75, 3.05) is 45.8 Å². The van der Waals surface area contributed by atoms with Crippen molar-refractivity contribution in [3.05, 3.63) is 12.2 Å². The standard InChI is InChI=1S/C16H28N8.HI/c1-2-17-16(18-9-14-11-22-5-7-23(14)8-6-22)21-13-3-4-15-19-12-20-24(15)10-13;/h12-14H,2-11H2,1H3,(H2,17,18,21);1H. The fourth-order valence-electron chi connectivity index (χ4n) is 3.96. The minimum absolute atomic E-state index is 0. The van der Waals surface area contributed by atoms with Crippen molar-refractivity contribution in [3.8, 4) is 0 Å². The Balaban J connectivity index is 0.00000182. The predicted octanol–water partition coefficient (Wildman–Crippen LogP) is -0.234. The van der Waals surface area contributed by atoms with E-state index in [1.54, 1.807) is 6.33 Å². The molecule has 0 aliphatic carbocycles. The van der Waals surface area contributed by atoms with Crippen LogP contribution < -0.4 is 10.6 Å². The molecule has 0 saturated carbocycles. The number of aromatic nitrogens is 3. The van der Waals surface area contributed by atoms with Crippen LogP contribution in [0.15, 0.2) is 11.3 Å². The largest absolute Gasteiger partial charge is 0.357 e. The van der Waals surface area contributed by atoms with Crippen LogP contribution in [0.2, 0.25) is 0 Å². The zero-order valence-electron chi connectivity index (χ0n) is 14.9. The third-order valence-corrected chi connectivity index (χ3v) is 5.34. The molecule has 2 unspecified atom stereocenters. The molecule has 1 aromatic rings. The Morgan fingerprint density at radius 3 is 2.84 bits per heavy atom. The van der Waals surface area contributed by atoms with Gasteiger partial charge in [-0.15, -0.1) is 24.0 Å². The summed E-state index contributed by atoms with van der Waals surface area (Å²) in [7, 11) is 0. The van der Waals surface area contributed by atoms with E-state index in [9.17, 15) is 0 Å². The molecule has 1 aromatic heterocycles. The average molecular weight is 460 g/mol. The molecule has 0 spiro atoms. The van der Waals surface area contributed by atoms with Gasteiger partial charge >= 0.3 is 0 Å². The van der Waals surface area contributed by atoms with Gasteiger partial charge in [0.2, 0.25) is 0 Å². The van der Waals surface area contributed by atoms with E-state index in [1.165, 1.54) is 26.2 Å². The van der Waals surface area contributed by atoms with E-state index in [-0.39, 0.29) is 24.0 Å². The lowest BCUT2D eigenvalue weighted by molar-refractivity contribution is 0.0174. The molecule has 8 nitrogen and oxygen atoms in total. The lowest BCUT2D eigenvalue weighted by Crippen LogP contribution is -2.62. The van der Waals surface area contributed by atoms with Gasteiger partial charge in [-0.2, -0.15) is 5.10 Å². The first-order valence-corrected chi connectivity index (χ1v) is 9.19. The average Bonchev–Trinajstić information content (AvgIpc) is 3.09. The molecular weight excluding hydrogens is 431 g/mol. The van der Waals surface area contributed by atoms with Gasteiger partial charge in [-0.05, 0) is 13.3 Å². The highest BCUT2D eigenvalue weighted by atomic mass is 127. The summed E-state index contributed by atoms with van der Waals surface area (Å²) in [5.41, 5.74) is 0. The van der Waals surface area contributed by atoms with Crippen molar-refractivity contribution in [2.45, 2.75) is 38.4 Å². The highest BCUT2D eigenvalue weighted by molar-refractivity contribution is 14.0. The van der Waals surface area contributed by atoms with Crippen LogP contribution in [0.1, 0.15) is 19.2 Å². The Morgan fingerprint density at radius 2 is 2.12 bits per heavy atom. The molecule has 2 bridgehead atoms. The van der Waals surface area contributed by atoms with E-state index in [0.29, 0.717) is 12.1 Å². The lowest BCUT2D eigenvalue weighted by Gasteiger charge is -2.47. The highest BCUT2D eigenvalue weighted by Crippen LogP contribution is 2.16. The quantitative estimate of drug-likeness (QED) is 0.368. The summed E-state index contributed by atoms with van der Waals surface area (Å²) in [6, 6.07) is 0.931. The highest BCUT2D eigenvalue weighted by Gasteiger charge is 2.31. The normalized spacial score (nSPS) is 31.2. The van der Waals surface area contributed by atoms with Crippen molar-refractivity contribution in [3.63, 3.8) is 0 Å². The topological polar surface area (TPSA) is 73.6 Å². The van der Waals surface area contributed by atoms with E-state index in [4.69, 9.17) is 4.99 Å². The van der Waals surface area contributed by atoms with Gasteiger partial charge in [0.1, 0.15) is 12.2 Å². The molecule has 25 heavy (non-hydrogen) atoms. The van der Waals surface area contributed by atoms with Crippen LogP contribution in [0, 0.1) is 0 Å². The van der Waals surface area contributed by atoms with E-state index in [1.807, 2.05) is 4.68 Å². The summed E-state index contributed by atoms with van der Waals surface area (Å²) < 4.78 is 2.00. The van der Waals surface area contributed by atoms with Gasteiger partial charge in [-0.3, -0.25) is 14.8 Å². The monoisotopic (exact) mass is 460 g/mol. The number of rotatable bonds is 4. The van der Waals surface area contributed by atoms with Gasteiger partial charge in [0.15, 0.2) is 5.96 Å². The number of hydrogen-bond donors (Lipinski definition) is 2. The summed E-state index contributed by atoms with van der Waals surface area (Å²) in [4.78, 5) is 14.3. The Labute approximate surface area is 166 Å². The van der Waals surface area contributed by atoms with Gasteiger partial charge in [-0.1, -0.05) is 0 Å². The second-order valence-corrected chi connectivity index (χ2v) is 6.95. The maximum absolute atomic E-state index is 4.87. The van der Waals surface area contributed by atoms with Crippen LogP contribution in [0.3, 0.4) is 0 Å². The number of aryl methyl sites for hydroxylation is 1. The molecule has 9 heteroatoms. The molecule has 3 fully saturated rings. The number of nitrogens with zero attached hydrogens (tertiary/aromatic N) is 6. The van der Waals surface area contributed by atoms with Crippen molar-refractivity contribution in [1.82, 2.24) is 35.2 Å². The first-order valence-electron chi connectivity index (χ1n) is 9.19.